The van der Waals surface area contributed by atoms with Gasteiger partial charge in [-0.3, -0.25) is 14.9 Å². The van der Waals surface area contributed by atoms with Crippen molar-refractivity contribution in [2.45, 2.75) is 25.3 Å². The van der Waals surface area contributed by atoms with Crippen LogP contribution in [0.3, 0.4) is 0 Å². The summed E-state index contributed by atoms with van der Waals surface area (Å²) in [6.45, 7) is 1.76. The number of hydrogen-bond donors (Lipinski definition) is 3. The number of aliphatic carboxylic acids is 1. The highest BCUT2D eigenvalue weighted by molar-refractivity contribution is 6.02. The molecule has 0 radical (unpaired) electrons. The molecule has 1 aliphatic rings. The first-order chi connectivity index (χ1) is 15.9. The van der Waals surface area contributed by atoms with Crippen LogP contribution in [-0.2, 0) is 9.53 Å². The molecule has 0 saturated carbocycles. The van der Waals surface area contributed by atoms with Gasteiger partial charge in [0.2, 0.25) is 0 Å². The second kappa shape index (κ2) is 9.56. The van der Waals surface area contributed by atoms with Gasteiger partial charge in [0.05, 0.1) is 17.7 Å². The van der Waals surface area contributed by atoms with E-state index in [4.69, 9.17) is 9.84 Å². The zero-order chi connectivity index (χ0) is 23.4. The van der Waals surface area contributed by atoms with Crippen LogP contribution in [0, 0.1) is 0 Å². The summed E-state index contributed by atoms with van der Waals surface area (Å²) in [5.74, 6) is -1.55. The van der Waals surface area contributed by atoms with Crippen molar-refractivity contribution in [3.8, 4) is 11.1 Å². The summed E-state index contributed by atoms with van der Waals surface area (Å²) in [5.41, 5.74) is 5.01. The van der Waals surface area contributed by atoms with Gasteiger partial charge in [-0.1, -0.05) is 60.7 Å². The number of benzene rings is 3. The second-order valence-corrected chi connectivity index (χ2v) is 7.97. The average Bonchev–Trinajstić information content (AvgIpc) is 3.11. The summed E-state index contributed by atoms with van der Waals surface area (Å²) in [5, 5.41) is 14.2. The zero-order valence-corrected chi connectivity index (χ0v) is 18.1. The summed E-state index contributed by atoms with van der Waals surface area (Å²) in [4.78, 5) is 36.0. The molecule has 0 aliphatic heterocycles. The fourth-order valence-electron chi connectivity index (χ4n) is 4.15. The highest BCUT2D eigenvalue weighted by Gasteiger charge is 2.29. The number of amides is 2. The molecule has 7 heteroatoms. The molecule has 1 aliphatic carbocycles. The Bertz CT molecular complexity index is 1160. The number of hydrogen-bond acceptors (Lipinski definition) is 4. The summed E-state index contributed by atoms with van der Waals surface area (Å²) >= 11 is 0. The van der Waals surface area contributed by atoms with Crippen LogP contribution in [0.1, 0.15) is 40.7 Å². The highest BCUT2D eigenvalue weighted by atomic mass is 16.5. The van der Waals surface area contributed by atoms with Crippen LogP contribution in [0.2, 0.25) is 0 Å². The number of carbonyl (C=O) groups is 3. The molecule has 0 heterocycles. The van der Waals surface area contributed by atoms with Crippen LogP contribution in [0.15, 0.2) is 72.8 Å². The number of para-hydroxylation sites is 1. The first-order valence-electron chi connectivity index (χ1n) is 10.7. The van der Waals surface area contributed by atoms with E-state index in [-0.39, 0.29) is 30.2 Å². The summed E-state index contributed by atoms with van der Waals surface area (Å²) in [6, 6.07) is 22.1. The van der Waals surface area contributed by atoms with E-state index in [2.05, 4.69) is 22.8 Å². The Labute approximate surface area is 191 Å². The van der Waals surface area contributed by atoms with Crippen molar-refractivity contribution < 1.29 is 24.2 Å². The van der Waals surface area contributed by atoms with Gasteiger partial charge in [-0.15, -0.1) is 0 Å². The fraction of sp³-hybridized carbons (Fsp3) is 0.192. The van der Waals surface area contributed by atoms with Crippen LogP contribution >= 0.6 is 0 Å². The number of nitrogens with one attached hydrogen (secondary N) is 2. The summed E-state index contributed by atoms with van der Waals surface area (Å²) in [7, 11) is 0. The molecular weight excluding hydrogens is 420 g/mol. The zero-order valence-electron chi connectivity index (χ0n) is 18.1. The molecule has 0 bridgehead atoms. The van der Waals surface area contributed by atoms with Crippen molar-refractivity contribution in [2.75, 3.05) is 11.9 Å². The normalized spacial score (nSPS) is 12.9. The maximum absolute atomic E-state index is 12.6. The van der Waals surface area contributed by atoms with Crippen molar-refractivity contribution in [3.05, 3.63) is 89.5 Å². The third-order valence-electron chi connectivity index (χ3n) is 5.61. The molecule has 1 atom stereocenters. The Morgan fingerprint density at radius 1 is 0.909 bits per heavy atom. The molecule has 0 spiro atoms. The van der Waals surface area contributed by atoms with E-state index in [9.17, 15) is 14.4 Å². The van der Waals surface area contributed by atoms with Crippen LogP contribution in [0.25, 0.3) is 11.1 Å². The minimum Gasteiger partial charge on any atom is -0.481 e. The third kappa shape index (κ3) is 4.87. The van der Waals surface area contributed by atoms with Crippen molar-refractivity contribution in [2.24, 2.45) is 0 Å². The number of fused-ring (bicyclic) bond motifs is 3. The van der Waals surface area contributed by atoms with Crippen molar-refractivity contribution in [3.63, 3.8) is 0 Å². The van der Waals surface area contributed by atoms with E-state index in [1.807, 2.05) is 36.4 Å². The van der Waals surface area contributed by atoms with Crippen LogP contribution in [0.4, 0.5) is 10.5 Å². The molecule has 2 amide bonds. The van der Waals surface area contributed by atoms with Crippen LogP contribution in [-0.4, -0.2) is 35.7 Å². The van der Waals surface area contributed by atoms with Crippen molar-refractivity contribution in [1.29, 1.82) is 0 Å². The minimum atomic E-state index is -1.01. The Morgan fingerprint density at radius 2 is 1.48 bits per heavy atom. The smallest absolute Gasteiger partial charge is 0.411 e. The molecule has 0 aromatic heterocycles. The first kappa shape index (κ1) is 22.1. The second-order valence-electron chi connectivity index (χ2n) is 7.97. The van der Waals surface area contributed by atoms with Gasteiger partial charge in [0.15, 0.2) is 0 Å². The number of ether oxygens (including phenoxy) is 1. The molecule has 0 unspecified atom stereocenters. The molecule has 4 rings (SSSR count). The molecule has 3 N–H and O–H groups in total. The lowest BCUT2D eigenvalue weighted by atomic mass is 9.98. The molecule has 3 aromatic rings. The third-order valence-corrected chi connectivity index (χ3v) is 5.61. The standard InChI is InChI=1S/C26H24N2O5/c1-16(14-24(29)30)27-25(31)21-12-6-7-13-23(21)28-26(32)33-15-22-19-10-4-2-8-17(19)18-9-3-5-11-20(18)22/h2-13,16,22H,14-15H2,1H3,(H,27,31)(H,28,32)(H,29,30)/t16-/m1/s1. The Kier molecular flexibility index (Phi) is 6.40. The molecule has 7 nitrogen and oxygen atoms in total. The summed E-state index contributed by atoms with van der Waals surface area (Å²) < 4.78 is 5.55. The van der Waals surface area contributed by atoms with E-state index >= 15 is 0 Å². The van der Waals surface area contributed by atoms with Crippen LogP contribution in [0.5, 0.6) is 0 Å². The fourth-order valence-corrected chi connectivity index (χ4v) is 4.15. The molecule has 168 valence electrons. The largest absolute Gasteiger partial charge is 0.481 e. The molecule has 0 saturated heterocycles. The number of carboxylic acid groups (broad SMARTS) is 1. The molecular formula is C26H24N2O5. The van der Waals surface area contributed by atoms with Gasteiger partial charge in [0.1, 0.15) is 6.61 Å². The molecule has 3 aromatic carbocycles. The predicted octanol–water partition coefficient (Wildman–Crippen LogP) is 4.64. The van der Waals surface area contributed by atoms with E-state index in [0.717, 1.165) is 22.3 Å². The van der Waals surface area contributed by atoms with Gasteiger partial charge >= 0.3 is 12.1 Å². The number of anilines is 1. The first-order valence-corrected chi connectivity index (χ1v) is 10.7. The highest BCUT2D eigenvalue weighted by Crippen LogP contribution is 2.44. The van der Waals surface area contributed by atoms with E-state index in [0.29, 0.717) is 0 Å². The van der Waals surface area contributed by atoms with E-state index < -0.39 is 24.0 Å². The SMILES string of the molecule is C[C@H](CC(=O)O)NC(=O)c1ccccc1NC(=O)OCC1c2ccccc2-c2ccccc21. The van der Waals surface area contributed by atoms with Gasteiger partial charge in [-0.05, 0) is 41.3 Å². The topological polar surface area (TPSA) is 105 Å². The van der Waals surface area contributed by atoms with Crippen LogP contribution < -0.4 is 10.6 Å². The molecule has 33 heavy (non-hydrogen) atoms. The monoisotopic (exact) mass is 444 g/mol. The Morgan fingerprint density at radius 3 is 2.12 bits per heavy atom. The lowest BCUT2D eigenvalue weighted by molar-refractivity contribution is -0.137. The number of carboxylic acids is 1. The lowest BCUT2D eigenvalue weighted by Crippen LogP contribution is -2.34. The van der Waals surface area contributed by atoms with Crippen molar-refractivity contribution >= 4 is 23.7 Å². The Balaban J connectivity index is 1.43. The quantitative estimate of drug-likeness (QED) is 0.492. The van der Waals surface area contributed by atoms with Gasteiger partial charge < -0.3 is 15.2 Å². The minimum absolute atomic E-state index is 0.0708. The van der Waals surface area contributed by atoms with E-state index in [1.165, 1.54) is 0 Å². The van der Waals surface area contributed by atoms with Gasteiger partial charge in [-0.25, -0.2) is 4.79 Å². The maximum Gasteiger partial charge on any atom is 0.411 e. The van der Waals surface area contributed by atoms with E-state index in [1.54, 1.807) is 31.2 Å². The average molecular weight is 444 g/mol. The van der Waals surface area contributed by atoms with Gasteiger partial charge in [0.25, 0.3) is 5.91 Å². The number of carbonyl (C=O) groups excluding carboxylic acids is 2. The maximum atomic E-state index is 12.6. The molecule has 0 fully saturated rings. The Hall–Kier alpha value is -4.13. The van der Waals surface area contributed by atoms with Crippen molar-refractivity contribution in [1.82, 2.24) is 5.32 Å². The summed E-state index contributed by atoms with van der Waals surface area (Å²) in [6.07, 6.45) is -0.871. The lowest BCUT2D eigenvalue weighted by Gasteiger charge is -2.16. The van der Waals surface area contributed by atoms with Gasteiger partial charge in [0, 0.05) is 12.0 Å². The van der Waals surface area contributed by atoms with Gasteiger partial charge in [-0.2, -0.15) is 0 Å². The number of rotatable bonds is 7. The predicted molar refractivity (Wildman–Crippen MR) is 124 cm³/mol.